The third-order valence-electron chi connectivity index (χ3n) is 3.05. The van der Waals surface area contributed by atoms with Crippen LogP contribution in [0.15, 0.2) is 53.5 Å². The molecule has 2 aromatic heterocycles. The molecular formula is C15H12N4O2. The molecule has 1 aromatic carbocycles. The molecule has 0 unspecified atom stereocenters. The van der Waals surface area contributed by atoms with Gasteiger partial charge in [0.15, 0.2) is 0 Å². The lowest BCUT2D eigenvalue weighted by Gasteiger charge is -2.08. The average molecular weight is 280 g/mol. The summed E-state index contributed by atoms with van der Waals surface area (Å²) in [5.41, 5.74) is 6.44. The van der Waals surface area contributed by atoms with Gasteiger partial charge in [0.25, 0.3) is 5.91 Å². The van der Waals surface area contributed by atoms with Gasteiger partial charge in [0.05, 0.1) is 5.52 Å². The van der Waals surface area contributed by atoms with Crippen LogP contribution in [-0.2, 0) is 0 Å². The van der Waals surface area contributed by atoms with Crippen LogP contribution in [0.25, 0.3) is 11.0 Å². The van der Waals surface area contributed by atoms with Crippen molar-refractivity contribution in [2.75, 3.05) is 11.1 Å². The van der Waals surface area contributed by atoms with E-state index in [1.807, 2.05) is 6.07 Å². The molecule has 0 aliphatic carbocycles. The van der Waals surface area contributed by atoms with Crippen LogP contribution >= 0.6 is 0 Å². The van der Waals surface area contributed by atoms with E-state index in [1.54, 1.807) is 36.4 Å². The van der Waals surface area contributed by atoms with Crippen LogP contribution < -0.4 is 16.5 Å². The fourth-order valence-corrected chi connectivity index (χ4v) is 2.08. The number of hydrogen-bond donors (Lipinski definition) is 3. The molecule has 4 N–H and O–H groups in total. The van der Waals surface area contributed by atoms with E-state index in [2.05, 4.69) is 15.3 Å². The van der Waals surface area contributed by atoms with Gasteiger partial charge in [0.1, 0.15) is 16.9 Å². The number of fused-ring (bicyclic) bond motifs is 1. The number of carbonyl (C=O) groups is 1. The second-order valence-electron chi connectivity index (χ2n) is 4.46. The van der Waals surface area contributed by atoms with Crippen LogP contribution in [0.3, 0.4) is 0 Å². The van der Waals surface area contributed by atoms with Crippen LogP contribution in [0.1, 0.15) is 10.4 Å². The lowest BCUT2D eigenvalue weighted by Crippen LogP contribution is -2.25. The summed E-state index contributed by atoms with van der Waals surface area (Å²) in [6.07, 6.45) is 1.49. The number of nitrogen functional groups attached to an aromatic ring is 1. The number of aromatic nitrogens is 2. The Bertz CT molecular complexity index is 872. The van der Waals surface area contributed by atoms with Crippen LogP contribution in [0, 0.1) is 0 Å². The Morgan fingerprint density at radius 3 is 2.67 bits per heavy atom. The lowest BCUT2D eigenvalue weighted by atomic mass is 10.2. The number of aromatic amines is 1. The van der Waals surface area contributed by atoms with Crippen molar-refractivity contribution in [3.8, 4) is 0 Å². The van der Waals surface area contributed by atoms with Crippen molar-refractivity contribution >= 4 is 28.4 Å². The fraction of sp³-hybridized carbons (Fsp3) is 0. The summed E-state index contributed by atoms with van der Waals surface area (Å²) in [6.45, 7) is 0. The number of H-pyrrole nitrogens is 1. The quantitative estimate of drug-likeness (QED) is 0.665. The first kappa shape index (κ1) is 12.9. The summed E-state index contributed by atoms with van der Waals surface area (Å²) in [4.78, 5) is 31.4. The number of amides is 1. The molecule has 104 valence electrons. The minimum atomic E-state index is -0.562. The second-order valence-corrected chi connectivity index (χ2v) is 4.46. The maximum Gasteiger partial charge on any atom is 0.263 e. The van der Waals surface area contributed by atoms with E-state index < -0.39 is 11.3 Å². The highest BCUT2D eigenvalue weighted by molar-refractivity contribution is 6.08. The van der Waals surface area contributed by atoms with Gasteiger partial charge in [-0.15, -0.1) is 0 Å². The molecule has 0 radical (unpaired) electrons. The minimum Gasteiger partial charge on any atom is -0.384 e. The molecule has 0 fully saturated rings. The minimum absolute atomic E-state index is 0.0222. The zero-order valence-corrected chi connectivity index (χ0v) is 11.0. The molecule has 2 heterocycles. The number of hydrogen-bond acceptors (Lipinski definition) is 4. The smallest absolute Gasteiger partial charge is 0.263 e. The predicted octanol–water partition coefficient (Wildman–Crippen LogP) is 1.76. The Morgan fingerprint density at radius 2 is 1.90 bits per heavy atom. The number of para-hydroxylation sites is 1. The first-order valence-corrected chi connectivity index (χ1v) is 6.29. The molecule has 3 aromatic rings. The van der Waals surface area contributed by atoms with Crippen molar-refractivity contribution in [1.82, 2.24) is 9.97 Å². The Kier molecular flexibility index (Phi) is 3.12. The summed E-state index contributed by atoms with van der Waals surface area (Å²) in [5.74, 6) is -0.540. The largest absolute Gasteiger partial charge is 0.384 e. The van der Waals surface area contributed by atoms with Crippen molar-refractivity contribution < 1.29 is 4.79 Å². The lowest BCUT2D eigenvalue weighted by molar-refractivity contribution is 0.102. The van der Waals surface area contributed by atoms with Crippen molar-refractivity contribution in [3.05, 3.63) is 64.4 Å². The molecule has 6 heteroatoms. The van der Waals surface area contributed by atoms with E-state index in [-0.39, 0.29) is 16.9 Å². The van der Waals surface area contributed by atoms with Crippen molar-refractivity contribution in [3.63, 3.8) is 0 Å². The van der Waals surface area contributed by atoms with Crippen molar-refractivity contribution in [1.29, 1.82) is 0 Å². The van der Waals surface area contributed by atoms with Crippen molar-refractivity contribution in [2.45, 2.75) is 0 Å². The molecule has 6 nitrogen and oxygen atoms in total. The summed E-state index contributed by atoms with van der Waals surface area (Å²) in [7, 11) is 0. The van der Waals surface area contributed by atoms with Gasteiger partial charge in [-0.2, -0.15) is 0 Å². The number of pyridine rings is 2. The Balaban J connectivity index is 2.08. The van der Waals surface area contributed by atoms with Gasteiger partial charge in [-0.3, -0.25) is 14.6 Å². The van der Waals surface area contributed by atoms with E-state index in [9.17, 15) is 9.59 Å². The molecule has 3 rings (SSSR count). The van der Waals surface area contributed by atoms with Gasteiger partial charge in [0, 0.05) is 11.9 Å². The highest BCUT2D eigenvalue weighted by atomic mass is 16.2. The van der Waals surface area contributed by atoms with Crippen molar-refractivity contribution in [2.24, 2.45) is 0 Å². The molecule has 0 saturated carbocycles. The second kappa shape index (κ2) is 5.09. The SMILES string of the molecule is Nc1[nH]c2cccnc2c(=O)c1C(=O)Nc1ccccc1. The van der Waals surface area contributed by atoms with E-state index in [0.717, 1.165) is 0 Å². The van der Waals surface area contributed by atoms with Crippen LogP contribution in [0.5, 0.6) is 0 Å². The molecule has 0 saturated heterocycles. The Hall–Kier alpha value is -3.15. The van der Waals surface area contributed by atoms with Gasteiger partial charge in [-0.1, -0.05) is 18.2 Å². The highest BCUT2D eigenvalue weighted by Crippen LogP contribution is 2.13. The van der Waals surface area contributed by atoms with Crippen LogP contribution in [0.2, 0.25) is 0 Å². The molecule has 1 amide bonds. The van der Waals surface area contributed by atoms with Crippen LogP contribution in [0.4, 0.5) is 11.5 Å². The standard InChI is InChI=1S/C15H12N4O2/c16-14-11(15(21)18-9-5-2-1-3-6-9)13(20)12-10(19-14)7-4-8-17-12/h1-8H,(H,18,21)(H3,16,19,20). The number of carbonyl (C=O) groups excluding carboxylic acids is 1. The third kappa shape index (κ3) is 2.34. The zero-order chi connectivity index (χ0) is 14.8. The third-order valence-corrected chi connectivity index (χ3v) is 3.05. The van der Waals surface area contributed by atoms with Gasteiger partial charge < -0.3 is 16.0 Å². The number of anilines is 2. The van der Waals surface area contributed by atoms with E-state index in [4.69, 9.17) is 5.73 Å². The first-order chi connectivity index (χ1) is 10.2. The summed E-state index contributed by atoms with van der Waals surface area (Å²) < 4.78 is 0. The summed E-state index contributed by atoms with van der Waals surface area (Å²) >= 11 is 0. The van der Waals surface area contributed by atoms with Gasteiger partial charge >= 0.3 is 0 Å². The monoisotopic (exact) mass is 280 g/mol. The maximum absolute atomic E-state index is 12.4. The fourth-order valence-electron chi connectivity index (χ4n) is 2.08. The molecule has 0 atom stereocenters. The van der Waals surface area contributed by atoms with Crippen LogP contribution in [-0.4, -0.2) is 15.9 Å². The van der Waals surface area contributed by atoms with Gasteiger partial charge in [0.2, 0.25) is 5.43 Å². The Morgan fingerprint density at radius 1 is 1.14 bits per heavy atom. The number of rotatable bonds is 2. The molecule has 0 aliphatic rings. The van der Waals surface area contributed by atoms with E-state index >= 15 is 0 Å². The maximum atomic E-state index is 12.4. The number of nitrogens with zero attached hydrogens (tertiary/aromatic N) is 1. The van der Waals surface area contributed by atoms with E-state index in [0.29, 0.717) is 11.2 Å². The number of benzene rings is 1. The number of nitrogens with one attached hydrogen (secondary N) is 2. The summed E-state index contributed by atoms with van der Waals surface area (Å²) in [6, 6.07) is 12.2. The van der Waals surface area contributed by atoms with Gasteiger partial charge in [-0.25, -0.2) is 0 Å². The molecule has 0 spiro atoms. The first-order valence-electron chi connectivity index (χ1n) is 6.29. The van der Waals surface area contributed by atoms with E-state index in [1.165, 1.54) is 6.20 Å². The number of nitrogens with two attached hydrogens (primary N) is 1. The molecule has 0 bridgehead atoms. The zero-order valence-electron chi connectivity index (χ0n) is 11.0. The van der Waals surface area contributed by atoms with Gasteiger partial charge in [-0.05, 0) is 24.3 Å². The predicted molar refractivity (Wildman–Crippen MR) is 81.2 cm³/mol. The molecular weight excluding hydrogens is 268 g/mol. The normalized spacial score (nSPS) is 10.5. The topological polar surface area (TPSA) is 101 Å². The summed E-state index contributed by atoms with van der Waals surface area (Å²) in [5, 5.41) is 2.64. The average Bonchev–Trinajstić information content (AvgIpc) is 2.48. The molecule has 0 aliphatic heterocycles. The molecule has 21 heavy (non-hydrogen) atoms. The highest BCUT2D eigenvalue weighted by Gasteiger charge is 2.18. The Labute approximate surface area is 119 Å².